The zero-order chi connectivity index (χ0) is 15.0. The Morgan fingerprint density at radius 3 is 2.43 bits per heavy atom. The molecule has 1 saturated carbocycles. The lowest BCUT2D eigenvalue weighted by atomic mass is 9.98. The second-order valence-electron chi connectivity index (χ2n) is 7.84. The van der Waals surface area contributed by atoms with E-state index >= 15 is 0 Å². The van der Waals surface area contributed by atoms with E-state index in [2.05, 4.69) is 10.6 Å². The summed E-state index contributed by atoms with van der Waals surface area (Å²) in [4.78, 5) is 13.9. The number of carbonyl (C=O) groups is 1. The van der Waals surface area contributed by atoms with E-state index in [4.69, 9.17) is 4.74 Å². The highest BCUT2D eigenvalue weighted by atomic mass is 16.6. The summed E-state index contributed by atoms with van der Waals surface area (Å²) in [5, 5.41) is 7.14. The number of hydrogen-bond donors (Lipinski definition) is 2. The lowest BCUT2D eigenvalue weighted by Crippen LogP contribution is -2.40. The van der Waals surface area contributed by atoms with Gasteiger partial charge in [-0.2, -0.15) is 0 Å². The number of nitrogens with zero attached hydrogens (tertiary/aromatic N) is 1. The number of hydrogen-bond acceptors (Lipinski definition) is 4. The van der Waals surface area contributed by atoms with E-state index in [0.717, 1.165) is 38.6 Å². The van der Waals surface area contributed by atoms with Crippen LogP contribution in [0.25, 0.3) is 0 Å². The summed E-state index contributed by atoms with van der Waals surface area (Å²) in [5.41, 5.74) is -0.392. The van der Waals surface area contributed by atoms with Crippen molar-refractivity contribution in [3.05, 3.63) is 0 Å². The maximum atomic E-state index is 12.0. The van der Waals surface area contributed by atoms with Crippen molar-refractivity contribution in [1.29, 1.82) is 0 Å². The van der Waals surface area contributed by atoms with Crippen molar-refractivity contribution in [1.82, 2.24) is 15.5 Å². The van der Waals surface area contributed by atoms with Gasteiger partial charge in [0.15, 0.2) is 0 Å². The largest absolute Gasteiger partial charge is 0.444 e. The number of rotatable bonds is 3. The minimum atomic E-state index is -0.392. The van der Waals surface area contributed by atoms with Gasteiger partial charge in [-0.1, -0.05) is 0 Å². The monoisotopic (exact) mass is 295 g/mol. The van der Waals surface area contributed by atoms with Gasteiger partial charge in [0.25, 0.3) is 0 Å². The SMILES string of the molecule is CC(C)(C)OC(=O)N1CC2C(C1)C2NCC1CCNCC1. The molecule has 3 fully saturated rings. The normalized spacial score (nSPS) is 32.9. The third kappa shape index (κ3) is 3.69. The van der Waals surface area contributed by atoms with Crippen molar-refractivity contribution >= 4 is 6.09 Å². The summed E-state index contributed by atoms with van der Waals surface area (Å²) in [6.45, 7) is 11.0. The van der Waals surface area contributed by atoms with Crippen LogP contribution in [0.2, 0.25) is 0 Å². The molecule has 3 aliphatic rings. The molecule has 2 N–H and O–H groups in total. The zero-order valence-electron chi connectivity index (χ0n) is 13.5. The van der Waals surface area contributed by atoms with E-state index < -0.39 is 5.60 Å². The van der Waals surface area contributed by atoms with E-state index in [1.54, 1.807) is 0 Å². The summed E-state index contributed by atoms with van der Waals surface area (Å²) in [7, 11) is 0. The van der Waals surface area contributed by atoms with E-state index in [1.807, 2.05) is 25.7 Å². The molecular weight excluding hydrogens is 266 g/mol. The first-order valence-electron chi connectivity index (χ1n) is 8.36. The summed E-state index contributed by atoms with van der Waals surface area (Å²) >= 11 is 0. The molecule has 0 aromatic rings. The maximum Gasteiger partial charge on any atom is 0.410 e. The first-order valence-corrected chi connectivity index (χ1v) is 8.36. The third-order valence-electron chi connectivity index (χ3n) is 4.95. The molecule has 1 amide bonds. The molecule has 0 radical (unpaired) electrons. The first kappa shape index (κ1) is 15.1. The van der Waals surface area contributed by atoms with Crippen molar-refractivity contribution in [3.8, 4) is 0 Å². The highest BCUT2D eigenvalue weighted by Gasteiger charge is 2.56. The van der Waals surface area contributed by atoms with Crippen molar-refractivity contribution in [2.24, 2.45) is 17.8 Å². The lowest BCUT2D eigenvalue weighted by molar-refractivity contribution is 0.0269. The van der Waals surface area contributed by atoms with Gasteiger partial charge in [0.05, 0.1) is 0 Å². The molecule has 1 aliphatic carbocycles. The van der Waals surface area contributed by atoms with Gasteiger partial charge in [-0.05, 0) is 71.0 Å². The van der Waals surface area contributed by atoms with Crippen LogP contribution in [0.3, 0.4) is 0 Å². The number of fused-ring (bicyclic) bond motifs is 1. The van der Waals surface area contributed by atoms with Gasteiger partial charge in [0.1, 0.15) is 5.60 Å². The molecule has 3 rings (SSSR count). The van der Waals surface area contributed by atoms with Crippen LogP contribution in [-0.4, -0.2) is 55.4 Å². The van der Waals surface area contributed by atoms with E-state index in [9.17, 15) is 4.79 Å². The van der Waals surface area contributed by atoms with Crippen molar-refractivity contribution in [3.63, 3.8) is 0 Å². The number of ether oxygens (including phenoxy) is 1. The van der Waals surface area contributed by atoms with Crippen LogP contribution in [0.5, 0.6) is 0 Å². The molecule has 2 unspecified atom stereocenters. The minimum absolute atomic E-state index is 0.146. The van der Waals surface area contributed by atoms with Gasteiger partial charge in [-0.3, -0.25) is 0 Å². The third-order valence-corrected chi connectivity index (χ3v) is 4.95. The number of piperidine rings is 2. The van der Waals surface area contributed by atoms with Gasteiger partial charge in [-0.25, -0.2) is 4.79 Å². The fraction of sp³-hybridized carbons (Fsp3) is 0.938. The molecular formula is C16H29N3O2. The zero-order valence-corrected chi connectivity index (χ0v) is 13.5. The molecule has 2 heterocycles. The quantitative estimate of drug-likeness (QED) is 0.827. The molecule has 5 nitrogen and oxygen atoms in total. The predicted octanol–water partition coefficient (Wildman–Crippen LogP) is 1.44. The first-order chi connectivity index (χ1) is 9.94. The Hall–Kier alpha value is -0.810. The van der Waals surface area contributed by atoms with Crippen LogP contribution in [0.1, 0.15) is 33.6 Å². The molecule has 2 atom stereocenters. The average molecular weight is 295 g/mol. The molecule has 0 aromatic carbocycles. The van der Waals surface area contributed by atoms with Crippen LogP contribution < -0.4 is 10.6 Å². The van der Waals surface area contributed by atoms with Crippen LogP contribution in [-0.2, 0) is 4.74 Å². The number of likely N-dealkylation sites (tertiary alicyclic amines) is 1. The predicted molar refractivity (Wildman–Crippen MR) is 82.2 cm³/mol. The van der Waals surface area contributed by atoms with Crippen LogP contribution >= 0.6 is 0 Å². The summed E-state index contributed by atoms with van der Waals surface area (Å²) < 4.78 is 5.44. The molecule has 0 aromatic heterocycles. The topological polar surface area (TPSA) is 53.6 Å². The fourth-order valence-corrected chi connectivity index (χ4v) is 3.69. The molecule has 120 valence electrons. The molecule has 0 spiro atoms. The second-order valence-corrected chi connectivity index (χ2v) is 7.84. The number of amides is 1. The maximum absolute atomic E-state index is 12.0. The second kappa shape index (κ2) is 5.76. The van der Waals surface area contributed by atoms with E-state index in [1.165, 1.54) is 12.8 Å². The number of nitrogens with one attached hydrogen (secondary N) is 2. The van der Waals surface area contributed by atoms with Crippen LogP contribution in [0.15, 0.2) is 0 Å². The Balaban J connectivity index is 1.37. The average Bonchev–Trinajstić information content (AvgIpc) is 2.87. The van der Waals surface area contributed by atoms with Crippen LogP contribution in [0, 0.1) is 17.8 Å². The van der Waals surface area contributed by atoms with Crippen LogP contribution in [0.4, 0.5) is 4.79 Å². The summed E-state index contributed by atoms with van der Waals surface area (Å²) in [5.74, 6) is 2.13. The Morgan fingerprint density at radius 2 is 1.86 bits per heavy atom. The highest BCUT2D eigenvalue weighted by molar-refractivity contribution is 5.69. The van der Waals surface area contributed by atoms with Crippen molar-refractivity contribution in [2.75, 3.05) is 32.7 Å². The Labute approximate surface area is 127 Å². The summed E-state index contributed by atoms with van der Waals surface area (Å²) in [6, 6.07) is 0.638. The lowest BCUT2D eigenvalue weighted by Gasteiger charge is -2.27. The van der Waals surface area contributed by atoms with Gasteiger partial charge >= 0.3 is 6.09 Å². The molecule has 0 bridgehead atoms. The van der Waals surface area contributed by atoms with E-state index in [-0.39, 0.29) is 6.09 Å². The van der Waals surface area contributed by atoms with Gasteiger partial charge < -0.3 is 20.3 Å². The van der Waals surface area contributed by atoms with Crippen molar-refractivity contribution in [2.45, 2.75) is 45.3 Å². The summed E-state index contributed by atoms with van der Waals surface area (Å²) in [6.07, 6.45) is 2.44. The fourth-order valence-electron chi connectivity index (χ4n) is 3.69. The molecule has 5 heteroatoms. The number of carbonyl (C=O) groups excluding carboxylic acids is 1. The highest BCUT2D eigenvalue weighted by Crippen LogP contribution is 2.45. The Morgan fingerprint density at radius 1 is 1.24 bits per heavy atom. The Bertz CT molecular complexity index is 375. The molecule has 2 saturated heterocycles. The standard InChI is InChI=1S/C16H29N3O2/c1-16(2,3)21-15(20)19-9-12-13(10-19)14(12)18-8-11-4-6-17-7-5-11/h11-14,17-18H,4-10H2,1-3H3. The molecule has 2 aliphatic heterocycles. The van der Waals surface area contributed by atoms with Crippen molar-refractivity contribution < 1.29 is 9.53 Å². The van der Waals surface area contributed by atoms with Gasteiger partial charge in [0.2, 0.25) is 0 Å². The Kier molecular flexibility index (Phi) is 4.14. The van der Waals surface area contributed by atoms with E-state index in [0.29, 0.717) is 17.9 Å². The smallest absolute Gasteiger partial charge is 0.410 e. The van der Waals surface area contributed by atoms with Gasteiger partial charge in [0, 0.05) is 19.1 Å². The van der Waals surface area contributed by atoms with Gasteiger partial charge in [-0.15, -0.1) is 0 Å². The minimum Gasteiger partial charge on any atom is -0.444 e. The molecule has 21 heavy (non-hydrogen) atoms.